The number of carbonyl (C=O) groups excluding carboxylic acids is 2. The number of hydrogen-bond donors (Lipinski definition) is 2. The molecule has 128 valence electrons. The van der Waals surface area contributed by atoms with Crippen LogP contribution in [-0.4, -0.2) is 24.1 Å². The first-order valence-electron chi connectivity index (χ1n) is 8.27. The van der Waals surface area contributed by atoms with Gasteiger partial charge in [-0.2, -0.15) is 0 Å². The first kappa shape index (κ1) is 17.8. The number of carbonyl (C=O) groups is 2. The highest BCUT2D eigenvalue weighted by Crippen LogP contribution is 2.33. The van der Waals surface area contributed by atoms with Crippen LogP contribution in [0.25, 0.3) is 0 Å². The second-order valence-electron chi connectivity index (χ2n) is 6.37. The molecule has 1 aromatic heterocycles. The fourth-order valence-corrected chi connectivity index (χ4v) is 3.85. The molecule has 2 rings (SSSR count). The van der Waals surface area contributed by atoms with Crippen molar-refractivity contribution in [2.45, 2.75) is 71.9 Å². The molecule has 0 aromatic carbocycles. The first-order chi connectivity index (χ1) is 10.9. The minimum absolute atomic E-state index is 0.189. The molecule has 0 atom stereocenters. The predicted octanol–water partition coefficient (Wildman–Crippen LogP) is 4.38. The molecule has 6 heteroatoms. The predicted molar refractivity (Wildman–Crippen MR) is 93.4 cm³/mol. The molecule has 1 heterocycles. The van der Waals surface area contributed by atoms with Gasteiger partial charge in [0.15, 0.2) is 0 Å². The summed E-state index contributed by atoms with van der Waals surface area (Å²) >= 11 is 1.41. The number of urea groups is 1. The molecule has 0 unspecified atom stereocenters. The highest BCUT2D eigenvalue weighted by Gasteiger charge is 2.24. The monoisotopic (exact) mass is 338 g/mol. The molecule has 0 radical (unpaired) electrons. The van der Waals surface area contributed by atoms with Crippen molar-refractivity contribution < 1.29 is 14.3 Å². The maximum absolute atomic E-state index is 12.3. The molecule has 0 spiro atoms. The Balaban J connectivity index is 2.08. The van der Waals surface area contributed by atoms with Crippen LogP contribution in [0, 0.1) is 13.8 Å². The minimum Gasteiger partial charge on any atom is -0.459 e. The number of nitrogens with one attached hydrogen (secondary N) is 2. The number of rotatable bonds is 4. The molecule has 1 fully saturated rings. The summed E-state index contributed by atoms with van der Waals surface area (Å²) in [6.45, 7) is 7.45. The van der Waals surface area contributed by atoms with Gasteiger partial charge < -0.3 is 10.1 Å². The SMILES string of the molecule is Cc1sc(NC(=O)NC2CCCCC2)c(C(=O)OC(C)C)c1C. The molecule has 0 aliphatic heterocycles. The largest absolute Gasteiger partial charge is 0.459 e. The molecular weight excluding hydrogens is 312 g/mol. The topological polar surface area (TPSA) is 67.4 Å². The average molecular weight is 338 g/mol. The van der Waals surface area contributed by atoms with Crippen molar-refractivity contribution in [1.82, 2.24) is 5.32 Å². The Hall–Kier alpha value is -1.56. The Morgan fingerprint density at radius 3 is 2.43 bits per heavy atom. The van der Waals surface area contributed by atoms with E-state index in [1.807, 2.05) is 27.7 Å². The Labute approximate surface area is 141 Å². The third-order valence-corrected chi connectivity index (χ3v) is 5.22. The van der Waals surface area contributed by atoms with E-state index in [0.29, 0.717) is 10.6 Å². The van der Waals surface area contributed by atoms with Crippen molar-refractivity contribution in [2.24, 2.45) is 0 Å². The van der Waals surface area contributed by atoms with E-state index < -0.39 is 0 Å². The van der Waals surface area contributed by atoms with Gasteiger partial charge in [-0.1, -0.05) is 19.3 Å². The van der Waals surface area contributed by atoms with Gasteiger partial charge >= 0.3 is 12.0 Å². The van der Waals surface area contributed by atoms with Gasteiger partial charge in [-0.15, -0.1) is 11.3 Å². The molecule has 1 aliphatic carbocycles. The van der Waals surface area contributed by atoms with Crippen LogP contribution in [0.5, 0.6) is 0 Å². The molecule has 2 amide bonds. The number of esters is 1. The fraction of sp³-hybridized carbons (Fsp3) is 0.647. The summed E-state index contributed by atoms with van der Waals surface area (Å²) in [5, 5.41) is 6.42. The molecule has 1 saturated carbocycles. The molecule has 1 aromatic rings. The van der Waals surface area contributed by atoms with Crippen molar-refractivity contribution in [3.05, 3.63) is 16.0 Å². The lowest BCUT2D eigenvalue weighted by Crippen LogP contribution is -2.39. The van der Waals surface area contributed by atoms with Gasteiger partial charge in [-0.05, 0) is 46.1 Å². The summed E-state index contributed by atoms with van der Waals surface area (Å²) in [5.41, 5.74) is 1.34. The van der Waals surface area contributed by atoms with Crippen LogP contribution in [0.4, 0.5) is 9.80 Å². The zero-order chi connectivity index (χ0) is 17.0. The van der Waals surface area contributed by atoms with Gasteiger partial charge in [0.2, 0.25) is 0 Å². The second-order valence-corrected chi connectivity index (χ2v) is 7.60. The van der Waals surface area contributed by atoms with E-state index in [4.69, 9.17) is 4.74 Å². The van der Waals surface area contributed by atoms with Crippen molar-refractivity contribution in [3.63, 3.8) is 0 Å². The summed E-state index contributed by atoms with van der Waals surface area (Å²) in [4.78, 5) is 25.5. The van der Waals surface area contributed by atoms with Gasteiger partial charge in [0.1, 0.15) is 5.00 Å². The molecule has 0 bridgehead atoms. The van der Waals surface area contributed by atoms with E-state index in [1.54, 1.807) is 0 Å². The quantitative estimate of drug-likeness (QED) is 0.800. The molecule has 1 aliphatic rings. The zero-order valence-electron chi connectivity index (χ0n) is 14.3. The number of amides is 2. The van der Waals surface area contributed by atoms with Crippen LogP contribution in [0.15, 0.2) is 0 Å². The van der Waals surface area contributed by atoms with E-state index in [-0.39, 0.29) is 24.1 Å². The summed E-state index contributed by atoms with van der Waals surface area (Å²) in [6, 6.07) is -0.00582. The van der Waals surface area contributed by atoms with E-state index in [9.17, 15) is 9.59 Å². The lowest BCUT2D eigenvalue weighted by Gasteiger charge is -2.22. The lowest BCUT2D eigenvalue weighted by molar-refractivity contribution is 0.0379. The summed E-state index contributed by atoms with van der Waals surface area (Å²) in [6.07, 6.45) is 5.43. The van der Waals surface area contributed by atoms with E-state index in [1.165, 1.54) is 17.8 Å². The van der Waals surface area contributed by atoms with E-state index in [0.717, 1.165) is 36.1 Å². The fourth-order valence-electron chi connectivity index (χ4n) is 2.81. The lowest BCUT2D eigenvalue weighted by atomic mass is 9.96. The van der Waals surface area contributed by atoms with Crippen LogP contribution in [-0.2, 0) is 4.74 Å². The standard InChI is InChI=1S/C17H26N2O3S/c1-10(2)22-16(20)14-11(3)12(4)23-15(14)19-17(21)18-13-8-6-5-7-9-13/h10,13H,5-9H2,1-4H3,(H2,18,19,21). The van der Waals surface area contributed by atoms with Gasteiger partial charge in [0, 0.05) is 10.9 Å². The van der Waals surface area contributed by atoms with Crippen LogP contribution >= 0.6 is 11.3 Å². The van der Waals surface area contributed by atoms with Crippen molar-refractivity contribution in [3.8, 4) is 0 Å². The van der Waals surface area contributed by atoms with Gasteiger partial charge in [0.05, 0.1) is 11.7 Å². The van der Waals surface area contributed by atoms with Gasteiger partial charge in [-0.3, -0.25) is 5.32 Å². The third kappa shape index (κ3) is 4.70. The average Bonchev–Trinajstić information content (AvgIpc) is 2.73. The molecule has 0 saturated heterocycles. The summed E-state index contributed by atoms with van der Waals surface area (Å²) in [7, 11) is 0. The zero-order valence-corrected chi connectivity index (χ0v) is 15.1. The Bertz CT molecular complexity index is 575. The molecule has 2 N–H and O–H groups in total. The smallest absolute Gasteiger partial charge is 0.341 e. The van der Waals surface area contributed by atoms with Crippen molar-refractivity contribution in [1.29, 1.82) is 0 Å². The maximum atomic E-state index is 12.3. The van der Waals surface area contributed by atoms with Crippen LogP contribution in [0.2, 0.25) is 0 Å². The number of hydrogen-bond acceptors (Lipinski definition) is 4. The number of aryl methyl sites for hydroxylation is 1. The first-order valence-corrected chi connectivity index (χ1v) is 9.08. The minimum atomic E-state index is -0.380. The van der Waals surface area contributed by atoms with Crippen molar-refractivity contribution >= 4 is 28.3 Å². The summed E-state index contributed by atoms with van der Waals surface area (Å²) in [5.74, 6) is -0.380. The number of anilines is 1. The normalized spacial score (nSPS) is 15.5. The Kier molecular flexibility index (Phi) is 6.04. The van der Waals surface area contributed by atoms with E-state index >= 15 is 0 Å². The highest BCUT2D eigenvalue weighted by molar-refractivity contribution is 7.16. The van der Waals surface area contributed by atoms with Gasteiger partial charge in [0.25, 0.3) is 0 Å². The van der Waals surface area contributed by atoms with Crippen LogP contribution in [0.3, 0.4) is 0 Å². The third-order valence-electron chi connectivity index (χ3n) is 4.10. The van der Waals surface area contributed by atoms with Crippen molar-refractivity contribution in [2.75, 3.05) is 5.32 Å². The van der Waals surface area contributed by atoms with E-state index in [2.05, 4.69) is 10.6 Å². The highest BCUT2D eigenvalue weighted by atomic mass is 32.1. The Morgan fingerprint density at radius 1 is 1.17 bits per heavy atom. The van der Waals surface area contributed by atoms with Crippen LogP contribution < -0.4 is 10.6 Å². The second kappa shape index (κ2) is 7.81. The molecule has 23 heavy (non-hydrogen) atoms. The summed E-state index contributed by atoms with van der Waals surface area (Å²) < 4.78 is 5.30. The molecular formula is C17H26N2O3S. The number of ether oxygens (including phenoxy) is 1. The number of thiophene rings is 1. The maximum Gasteiger partial charge on any atom is 0.341 e. The van der Waals surface area contributed by atoms with Crippen LogP contribution in [0.1, 0.15) is 66.8 Å². The molecule has 5 nitrogen and oxygen atoms in total. The van der Waals surface area contributed by atoms with Gasteiger partial charge in [-0.25, -0.2) is 9.59 Å². The Morgan fingerprint density at radius 2 is 1.83 bits per heavy atom.